The van der Waals surface area contributed by atoms with E-state index >= 15 is 0 Å². The quantitative estimate of drug-likeness (QED) is 0.790. The Hall–Kier alpha value is -2.82. The molecular weight excluding hydrogens is 324 g/mol. The van der Waals surface area contributed by atoms with E-state index in [9.17, 15) is 4.79 Å². The molecule has 132 valence electrons. The van der Waals surface area contributed by atoms with Crippen molar-refractivity contribution >= 4 is 28.2 Å². The number of aromatic nitrogens is 2. The summed E-state index contributed by atoms with van der Waals surface area (Å²) in [5, 5.41) is 8.06. The van der Waals surface area contributed by atoms with E-state index in [0.29, 0.717) is 12.5 Å². The molecule has 5 heteroatoms. The zero-order valence-corrected chi connectivity index (χ0v) is 14.9. The summed E-state index contributed by atoms with van der Waals surface area (Å²) in [5.41, 5.74) is 5.60. The van der Waals surface area contributed by atoms with Crippen LogP contribution >= 0.6 is 0 Å². The van der Waals surface area contributed by atoms with Crippen molar-refractivity contribution in [1.82, 2.24) is 10.2 Å². The number of carbonyl (C=O) groups is 1. The molecule has 0 spiro atoms. The fourth-order valence-electron chi connectivity index (χ4n) is 4.06. The fraction of sp³-hybridized carbons (Fsp3) is 0.333. The lowest BCUT2D eigenvalue weighted by Crippen LogP contribution is -2.45. The van der Waals surface area contributed by atoms with E-state index in [1.54, 1.807) is 6.20 Å². The van der Waals surface area contributed by atoms with Crippen molar-refractivity contribution in [2.24, 2.45) is 0 Å². The number of hydrogen-bond donors (Lipinski definition) is 1. The summed E-state index contributed by atoms with van der Waals surface area (Å²) >= 11 is 0. The summed E-state index contributed by atoms with van der Waals surface area (Å²) in [7, 11) is 0. The smallest absolute Gasteiger partial charge is 0.231 e. The topological polar surface area (TPSA) is 52.2 Å². The van der Waals surface area contributed by atoms with Gasteiger partial charge in [0.25, 0.3) is 0 Å². The first-order valence-electron chi connectivity index (χ1n) is 9.29. The van der Waals surface area contributed by atoms with E-state index in [2.05, 4.69) is 40.2 Å². The third kappa shape index (κ3) is 2.55. The first-order valence-corrected chi connectivity index (χ1v) is 9.29. The van der Waals surface area contributed by atoms with Crippen LogP contribution in [-0.4, -0.2) is 35.2 Å². The van der Waals surface area contributed by atoms with Gasteiger partial charge in [0.05, 0.1) is 29.5 Å². The Morgan fingerprint density at radius 3 is 2.96 bits per heavy atom. The second-order valence-electron chi connectivity index (χ2n) is 7.38. The monoisotopic (exact) mass is 346 g/mol. The minimum atomic E-state index is 0.162. The lowest BCUT2D eigenvalue weighted by Gasteiger charge is -2.39. The van der Waals surface area contributed by atoms with E-state index in [0.717, 1.165) is 35.2 Å². The number of benzene rings is 2. The number of anilines is 2. The van der Waals surface area contributed by atoms with E-state index in [1.807, 2.05) is 23.1 Å². The van der Waals surface area contributed by atoms with Crippen molar-refractivity contribution in [1.29, 1.82) is 0 Å². The van der Waals surface area contributed by atoms with Crippen molar-refractivity contribution < 1.29 is 4.79 Å². The zero-order valence-electron chi connectivity index (χ0n) is 14.9. The van der Waals surface area contributed by atoms with E-state index in [4.69, 9.17) is 0 Å². The number of carbonyl (C=O) groups excluding carboxylic acids is 1. The number of hydrogen-bond acceptors (Lipinski definition) is 3. The number of nitrogens with zero attached hydrogens (tertiary/aromatic N) is 3. The van der Waals surface area contributed by atoms with Crippen LogP contribution in [0.3, 0.4) is 0 Å². The molecule has 2 aromatic carbocycles. The molecule has 5 rings (SSSR count). The molecule has 0 bridgehead atoms. The molecule has 0 saturated heterocycles. The number of para-hydroxylation sites is 1. The van der Waals surface area contributed by atoms with Crippen LogP contribution in [0.5, 0.6) is 0 Å². The van der Waals surface area contributed by atoms with E-state index < -0.39 is 0 Å². The van der Waals surface area contributed by atoms with Gasteiger partial charge in [-0.25, -0.2) is 0 Å². The summed E-state index contributed by atoms with van der Waals surface area (Å²) in [4.78, 5) is 17.6. The molecule has 0 atom stereocenters. The molecular formula is C21H22N4O. The molecule has 1 saturated carbocycles. The van der Waals surface area contributed by atoms with Crippen LogP contribution in [0, 0.1) is 6.92 Å². The number of H-pyrrole nitrogens is 1. The van der Waals surface area contributed by atoms with E-state index in [1.165, 1.54) is 24.1 Å². The van der Waals surface area contributed by atoms with Crippen LogP contribution in [0.15, 0.2) is 42.6 Å². The Morgan fingerprint density at radius 1 is 1.23 bits per heavy atom. The number of aryl methyl sites for hydroxylation is 1. The first kappa shape index (κ1) is 15.4. The number of fused-ring (bicyclic) bond motifs is 2. The largest absolute Gasteiger partial charge is 0.365 e. The van der Waals surface area contributed by atoms with Crippen LogP contribution in [0.1, 0.15) is 24.0 Å². The van der Waals surface area contributed by atoms with Crippen LogP contribution in [0.4, 0.5) is 11.4 Å². The van der Waals surface area contributed by atoms with Gasteiger partial charge < -0.3 is 9.80 Å². The normalized spacial score (nSPS) is 16.8. The maximum Gasteiger partial charge on any atom is 0.231 e. The van der Waals surface area contributed by atoms with Gasteiger partial charge in [-0.15, -0.1) is 0 Å². The lowest BCUT2D eigenvalue weighted by molar-refractivity contribution is -0.118. The van der Waals surface area contributed by atoms with Gasteiger partial charge in [0.1, 0.15) is 0 Å². The molecule has 3 aromatic rings. The summed E-state index contributed by atoms with van der Waals surface area (Å²) in [6.07, 6.45) is 4.76. The molecule has 1 aliphatic heterocycles. The summed E-state index contributed by atoms with van der Waals surface area (Å²) in [6.45, 7) is 3.84. The highest BCUT2D eigenvalue weighted by Gasteiger charge is 2.36. The zero-order chi connectivity index (χ0) is 17.7. The molecule has 1 N–H and O–H groups in total. The highest BCUT2D eigenvalue weighted by atomic mass is 16.2. The molecule has 0 unspecified atom stereocenters. The van der Waals surface area contributed by atoms with Crippen molar-refractivity contribution in [2.75, 3.05) is 22.9 Å². The highest BCUT2D eigenvalue weighted by Crippen LogP contribution is 2.42. The van der Waals surface area contributed by atoms with Gasteiger partial charge in [-0.1, -0.05) is 18.2 Å². The molecule has 0 radical (unpaired) electrons. The van der Waals surface area contributed by atoms with Crippen LogP contribution in [-0.2, 0) is 11.2 Å². The van der Waals surface area contributed by atoms with Gasteiger partial charge >= 0.3 is 0 Å². The Bertz CT molecular complexity index is 989. The average Bonchev–Trinajstić information content (AvgIpc) is 3.38. The predicted molar refractivity (Wildman–Crippen MR) is 104 cm³/mol. The third-order valence-electron chi connectivity index (χ3n) is 5.51. The van der Waals surface area contributed by atoms with Gasteiger partial charge in [0.15, 0.2) is 0 Å². The molecule has 2 aliphatic rings. The molecule has 1 amide bonds. The highest BCUT2D eigenvalue weighted by molar-refractivity contribution is 6.00. The number of nitrogens with one attached hydrogen (secondary N) is 1. The van der Waals surface area contributed by atoms with Gasteiger partial charge in [0, 0.05) is 24.5 Å². The van der Waals surface area contributed by atoms with Crippen LogP contribution < -0.4 is 9.80 Å². The SMILES string of the molecule is Cc1cccc2c1N(C1CC1)CCN2C(=O)Cc1ccc2[nH]ncc2c1. The standard InChI is InChI=1S/C21H22N4O/c1-14-3-2-4-19-21(14)24(17-6-7-17)9-10-25(19)20(26)12-15-5-8-18-16(11-15)13-22-23-18/h2-5,8,11,13,17H,6-7,9-10,12H2,1H3,(H,22,23). The van der Waals surface area contributed by atoms with Gasteiger partial charge in [-0.3, -0.25) is 9.89 Å². The number of rotatable bonds is 3. The molecule has 1 fully saturated rings. The van der Waals surface area contributed by atoms with Gasteiger partial charge in [-0.05, 0) is 49.1 Å². The predicted octanol–water partition coefficient (Wildman–Crippen LogP) is 3.43. The summed E-state index contributed by atoms with van der Waals surface area (Å²) in [5.74, 6) is 0.162. The van der Waals surface area contributed by atoms with Crippen molar-refractivity contribution in [3.8, 4) is 0 Å². The van der Waals surface area contributed by atoms with Crippen molar-refractivity contribution in [3.05, 3.63) is 53.7 Å². The Kier molecular flexibility index (Phi) is 3.48. The van der Waals surface area contributed by atoms with Crippen LogP contribution in [0.25, 0.3) is 10.9 Å². The number of amides is 1. The van der Waals surface area contributed by atoms with E-state index in [-0.39, 0.29) is 5.91 Å². The minimum Gasteiger partial charge on any atom is -0.365 e. The maximum absolute atomic E-state index is 13.1. The average molecular weight is 346 g/mol. The molecule has 1 aliphatic carbocycles. The minimum absolute atomic E-state index is 0.162. The van der Waals surface area contributed by atoms with Gasteiger partial charge in [-0.2, -0.15) is 5.10 Å². The molecule has 2 heterocycles. The van der Waals surface area contributed by atoms with Crippen molar-refractivity contribution in [3.63, 3.8) is 0 Å². The number of aromatic amines is 1. The van der Waals surface area contributed by atoms with Crippen molar-refractivity contribution in [2.45, 2.75) is 32.2 Å². The Balaban J connectivity index is 1.44. The first-order chi connectivity index (χ1) is 12.7. The second kappa shape index (κ2) is 5.87. The Morgan fingerprint density at radius 2 is 2.12 bits per heavy atom. The lowest BCUT2D eigenvalue weighted by atomic mass is 10.0. The molecule has 5 nitrogen and oxygen atoms in total. The van der Waals surface area contributed by atoms with Crippen LogP contribution in [0.2, 0.25) is 0 Å². The second-order valence-corrected chi connectivity index (χ2v) is 7.38. The summed E-state index contributed by atoms with van der Waals surface area (Å²) < 4.78 is 0. The molecule has 26 heavy (non-hydrogen) atoms. The third-order valence-corrected chi connectivity index (χ3v) is 5.51. The Labute approximate surface area is 152 Å². The van der Waals surface area contributed by atoms with Gasteiger partial charge in [0.2, 0.25) is 5.91 Å². The molecule has 1 aromatic heterocycles. The fourth-order valence-corrected chi connectivity index (χ4v) is 4.06. The maximum atomic E-state index is 13.1. The summed E-state index contributed by atoms with van der Waals surface area (Å²) in [6, 6.07) is 13.0.